The molecule has 0 aliphatic carbocycles. The summed E-state index contributed by atoms with van der Waals surface area (Å²) in [5.74, 6) is -0.321. The van der Waals surface area contributed by atoms with Crippen molar-refractivity contribution in [3.8, 4) is 0 Å². The van der Waals surface area contributed by atoms with Crippen LogP contribution in [0, 0.1) is 13.8 Å². The van der Waals surface area contributed by atoms with Crippen LogP contribution in [0.15, 0.2) is 30.3 Å². The lowest BCUT2D eigenvalue weighted by Crippen LogP contribution is -2.11. The maximum atomic E-state index is 11.1. The molecule has 2 N–H and O–H groups in total. The minimum atomic E-state index is -0.900. The zero-order valence-corrected chi connectivity index (χ0v) is 11.6. The van der Waals surface area contributed by atoms with Gasteiger partial charge in [-0.05, 0) is 38.0 Å². The van der Waals surface area contributed by atoms with Crippen molar-refractivity contribution in [1.82, 2.24) is 9.97 Å². The number of hydrogen-bond acceptors (Lipinski definition) is 4. The van der Waals surface area contributed by atoms with E-state index in [2.05, 4.69) is 15.3 Å². The van der Waals surface area contributed by atoms with E-state index in [9.17, 15) is 4.79 Å². The van der Waals surface area contributed by atoms with Crippen molar-refractivity contribution in [2.24, 2.45) is 0 Å². The third-order valence-electron chi connectivity index (χ3n) is 2.91. The molecule has 0 unspecified atom stereocenters. The fourth-order valence-electron chi connectivity index (χ4n) is 2.06. The monoisotopic (exact) mass is 271 g/mol. The number of aromatic carboxylic acids is 1. The first-order valence-electron chi connectivity index (χ1n) is 6.43. The van der Waals surface area contributed by atoms with Crippen LogP contribution in [0.3, 0.4) is 0 Å². The van der Waals surface area contributed by atoms with Gasteiger partial charge in [0.1, 0.15) is 0 Å². The Kier molecular flexibility index (Phi) is 4.30. The first-order chi connectivity index (χ1) is 9.56. The van der Waals surface area contributed by atoms with Crippen molar-refractivity contribution in [3.05, 3.63) is 52.8 Å². The van der Waals surface area contributed by atoms with Gasteiger partial charge in [-0.3, -0.25) is 0 Å². The van der Waals surface area contributed by atoms with Crippen LogP contribution in [0.25, 0.3) is 0 Å². The molecular formula is C15H17N3O2. The van der Waals surface area contributed by atoms with Crippen LogP contribution in [-0.4, -0.2) is 27.6 Å². The number of benzene rings is 1. The summed E-state index contributed by atoms with van der Waals surface area (Å²) in [7, 11) is 0. The van der Waals surface area contributed by atoms with Gasteiger partial charge < -0.3 is 10.4 Å². The molecule has 0 aliphatic heterocycles. The highest BCUT2D eigenvalue weighted by molar-refractivity contribution is 5.89. The largest absolute Gasteiger partial charge is 0.478 e. The van der Waals surface area contributed by atoms with E-state index in [0.717, 1.165) is 17.0 Å². The highest BCUT2D eigenvalue weighted by Crippen LogP contribution is 2.10. The quantitative estimate of drug-likeness (QED) is 0.873. The van der Waals surface area contributed by atoms with Crippen molar-refractivity contribution >= 4 is 11.9 Å². The summed E-state index contributed by atoms with van der Waals surface area (Å²) in [5.41, 5.74) is 2.96. The Morgan fingerprint density at radius 1 is 1.20 bits per heavy atom. The van der Waals surface area contributed by atoms with Gasteiger partial charge in [0.2, 0.25) is 5.95 Å². The number of nitrogens with zero attached hydrogens (tertiary/aromatic N) is 2. The van der Waals surface area contributed by atoms with E-state index < -0.39 is 5.97 Å². The van der Waals surface area contributed by atoms with Crippen LogP contribution in [0.4, 0.5) is 5.95 Å². The fraction of sp³-hybridized carbons (Fsp3) is 0.267. The third kappa shape index (κ3) is 3.54. The summed E-state index contributed by atoms with van der Waals surface area (Å²) in [4.78, 5) is 19.7. The lowest BCUT2D eigenvalue weighted by molar-refractivity contribution is 0.0695. The molecule has 0 saturated heterocycles. The highest BCUT2D eigenvalue weighted by Gasteiger charge is 2.08. The summed E-state index contributed by atoms with van der Waals surface area (Å²) in [6.45, 7) is 4.42. The first kappa shape index (κ1) is 14.0. The molecule has 0 bridgehead atoms. The summed E-state index contributed by atoms with van der Waals surface area (Å²) in [6.07, 6.45) is 0.610. The standard InChI is InChI=1S/C15H17N3O2/c1-10-9-11(2)18-15(17-10)16-8-7-12-5-3-4-6-13(12)14(19)20/h3-6,9H,7-8H2,1-2H3,(H,19,20)(H,16,17,18). The average molecular weight is 271 g/mol. The van der Waals surface area contributed by atoms with E-state index >= 15 is 0 Å². The SMILES string of the molecule is Cc1cc(C)nc(NCCc2ccccc2C(=O)O)n1. The zero-order chi connectivity index (χ0) is 14.5. The van der Waals surface area contributed by atoms with E-state index in [-0.39, 0.29) is 0 Å². The maximum absolute atomic E-state index is 11.1. The molecule has 20 heavy (non-hydrogen) atoms. The van der Waals surface area contributed by atoms with Crippen molar-refractivity contribution in [1.29, 1.82) is 0 Å². The lowest BCUT2D eigenvalue weighted by Gasteiger charge is -2.08. The number of nitrogens with one attached hydrogen (secondary N) is 1. The highest BCUT2D eigenvalue weighted by atomic mass is 16.4. The second-order valence-electron chi connectivity index (χ2n) is 4.61. The van der Waals surface area contributed by atoms with Gasteiger partial charge in [-0.15, -0.1) is 0 Å². The van der Waals surface area contributed by atoms with Crippen molar-refractivity contribution in [2.75, 3.05) is 11.9 Å². The molecule has 1 heterocycles. The number of carboxylic acid groups (broad SMARTS) is 1. The van der Waals surface area contributed by atoms with Crippen molar-refractivity contribution in [3.63, 3.8) is 0 Å². The molecule has 1 aromatic carbocycles. The summed E-state index contributed by atoms with van der Waals surface area (Å²) < 4.78 is 0. The second kappa shape index (κ2) is 6.14. The average Bonchev–Trinajstić information content (AvgIpc) is 2.38. The van der Waals surface area contributed by atoms with Crippen molar-refractivity contribution in [2.45, 2.75) is 20.3 Å². The Morgan fingerprint density at radius 3 is 2.50 bits per heavy atom. The minimum absolute atomic E-state index is 0.343. The Labute approximate surface area is 117 Å². The van der Waals surface area contributed by atoms with Crippen molar-refractivity contribution < 1.29 is 9.90 Å². The molecule has 5 nitrogen and oxygen atoms in total. The number of anilines is 1. The second-order valence-corrected chi connectivity index (χ2v) is 4.61. The Bertz CT molecular complexity index is 606. The van der Waals surface area contributed by atoms with Crippen LogP contribution >= 0.6 is 0 Å². The van der Waals surface area contributed by atoms with E-state index in [1.165, 1.54) is 0 Å². The Hall–Kier alpha value is -2.43. The number of carbonyl (C=O) groups is 1. The van der Waals surface area contributed by atoms with Crippen LogP contribution in [0.1, 0.15) is 27.3 Å². The zero-order valence-electron chi connectivity index (χ0n) is 11.6. The topological polar surface area (TPSA) is 75.1 Å². The first-order valence-corrected chi connectivity index (χ1v) is 6.43. The Balaban J connectivity index is 2.01. The molecular weight excluding hydrogens is 254 g/mol. The number of aromatic nitrogens is 2. The number of aryl methyl sites for hydroxylation is 2. The molecule has 0 radical (unpaired) electrons. The molecule has 0 atom stereocenters. The van der Waals surface area contributed by atoms with Crippen LogP contribution in [0.2, 0.25) is 0 Å². The third-order valence-corrected chi connectivity index (χ3v) is 2.91. The van der Waals surface area contributed by atoms with E-state index in [1.54, 1.807) is 12.1 Å². The molecule has 0 amide bonds. The summed E-state index contributed by atoms with van der Waals surface area (Å²) in [5, 5.41) is 12.2. The number of rotatable bonds is 5. The van der Waals surface area contributed by atoms with Gasteiger partial charge in [0, 0.05) is 17.9 Å². The molecule has 0 fully saturated rings. The smallest absolute Gasteiger partial charge is 0.335 e. The van der Waals surface area contributed by atoms with Gasteiger partial charge in [0.15, 0.2) is 0 Å². The lowest BCUT2D eigenvalue weighted by atomic mass is 10.0. The Morgan fingerprint density at radius 2 is 1.85 bits per heavy atom. The van der Waals surface area contributed by atoms with Gasteiger partial charge in [-0.1, -0.05) is 18.2 Å². The molecule has 0 spiro atoms. The van der Waals surface area contributed by atoms with Gasteiger partial charge in [0.25, 0.3) is 0 Å². The molecule has 104 valence electrons. The fourth-order valence-corrected chi connectivity index (χ4v) is 2.06. The summed E-state index contributed by atoms with van der Waals surface area (Å²) >= 11 is 0. The van der Waals surface area contributed by atoms with E-state index in [1.807, 2.05) is 32.0 Å². The molecule has 2 aromatic rings. The minimum Gasteiger partial charge on any atom is -0.478 e. The normalized spacial score (nSPS) is 10.3. The van der Waals surface area contributed by atoms with Crippen LogP contribution < -0.4 is 5.32 Å². The molecule has 5 heteroatoms. The number of hydrogen-bond donors (Lipinski definition) is 2. The molecule has 0 saturated carbocycles. The summed E-state index contributed by atoms with van der Waals surface area (Å²) in [6, 6.07) is 8.92. The van der Waals surface area contributed by atoms with E-state index in [4.69, 9.17) is 5.11 Å². The molecule has 2 rings (SSSR count). The molecule has 1 aromatic heterocycles. The van der Waals surface area contributed by atoms with Gasteiger partial charge in [0.05, 0.1) is 5.56 Å². The van der Waals surface area contributed by atoms with E-state index in [0.29, 0.717) is 24.5 Å². The van der Waals surface area contributed by atoms with Crippen LogP contribution in [-0.2, 0) is 6.42 Å². The van der Waals surface area contributed by atoms with Gasteiger partial charge in [-0.2, -0.15) is 0 Å². The van der Waals surface area contributed by atoms with Crippen LogP contribution in [0.5, 0.6) is 0 Å². The van der Waals surface area contributed by atoms with Gasteiger partial charge >= 0.3 is 5.97 Å². The molecule has 0 aliphatic rings. The predicted molar refractivity (Wildman–Crippen MR) is 77.1 cm³/mol. The maximum Gasteiger partial charge on any atom is 0.335 e. The number of carboxylic acids is 1. The predicted octanol–water partition coefficient (Wildman–Crippen LogP) is 2.45. The van der Waals surface area contributed by atoms with Gasteiger partial charge in [-0.25, -0.2) is 14.8 Å².